The summed E-state index contributed by atoms with van der Waals surface area (Å²) in [7, 11) is 1.35. The molecule has 0 aliphatic rings. The number of carboxylic acids is 1. The van der Waals surface area contributed by atoms with E-state index in [0.717, 1.165) is 17.0 Å². The van der Waals surface area contributed by atoms with Crippen LogP contribution >= 0.6 is 0 Å². The number of carbonyl (C=O) groups excluding carboxylic acids is 1. The lowest BCUT2D eigenvalue weighted by Crippen LogP contribution is -2.39. The number of nitrogens with zero attached hydrogens (tertiary/aromatic N) is 1. The number of nitrogens with one attached hydrogen (secondary N) is 1. The van der Waals surface area contributed by atoms with Gasteiger partial charge in [-0.3, -0.25) is 4.79 Å². The van der Waals surface area contributed by atoms with E-state index >= 15 is 0 Å². The molecule has 1 amide bonds. The molecule has 110 valence electrons. The second-order valence-corrected chi connectivity index (χ2v) is 4.67. The van der Waals surface area contributed by atoms with Gasteiger partial charge < -0.3 is 15.3 Å². The Morgan fingerprint density at radius 1 is 1.30 bits per heavy atom. The van der Waals surface area contributed by atoms with E-state index in [1.54, 1.807) is 13.8 Å². The van der Waals surface area contributed by atoms with Gasteiger partial charge in [0.15, 0.2) is 0 Å². The summed E-state index contributed by atoms with van der Waals surface area (Å²) in [4.78, 5) is 23.3. The lowest BCUT2D eigenvalue weighted by molar-refractivity contribution is -0.120. The molecule has 0 unspecified atom stereocenters. The van der Waals surface area contributed by atoms with Crippen LogP contribution in [0, 0.1) is 11.6 Å². The number of carboxylic acid groups (broad SMARTS) is 1. The molecule has 20 heavy (non-hydrogen) atoms. The summed E-state index contributed by atoms with van der Waals surface area (Å²) in [5.74, 6) is -3.86. The van der Waals surface area contributed by atoms with Gasteiger partial charge in [0.05, 0.1) is 12.1 Å². The molecule has 0 radical (unpaired) electrons. The number of benzene rings is 1. The molecule has 0 fully saturated rings. The van der Waals surface area contributed by atoms with Crippen LogP contribution in [-0.4, -0.2) is 36.6 Å². The topological polar surface area (TPSA) is 69.6 Å². The van der Waals surface area contributed by atoms with Crippen molar-refractivity contribution in [2.24, 2.45) is 0 Å². The Morgan fingerprint density at radius 2 is 1.80 bits per heavy atom. The number of aromatic carboxylic acids is 1. The van der Waals surface area contributed by atoms with Crippen molar-refractivity contribution < 1.29 is 23.5 Å². The van der Waals surface area contributed by atoms with Gasteiger partial charge in [-0.1, -0.05) is 0 Å². The van der Waals surface area contributed by atoms with Gasteiger partial charge in [0.1, 0.15) is 17.3 Å². The van der Waals surface area contributed by atoms with Gasteiger partial charge in [-0.2, -0.15) is 0 Å². The Labute approximate surface area is 115 Å². The Bertz CT molecular complexity index is 509. The fourth-order valence-electron chi connectivity index (χ4n) is 1.72. The lowest BCUT2D eigenvalue weighted by Gasteiger charge is -2.21. The molecule has 0 saturated carbocycles. The van der Waals surface area contributed by atoms with Crippen molar-refractivity contribution in [1.82, 2.24) is 5.32 Å². The van der Waals surface area contributed by atoms with Crippen LogP contribution in [-0.2, 0) is 4.79 Å². The van der Waals surface area contributed by atoms with Crippen LogP contribution in [0.4, 0.5) is 14.5 Å². The van der Waals surface area contributed by atoms with Crippen LogP contribution in [0.3, 0.4) is 0 Å². The van der Waals surface area contributed by atoms with Crippen molar-refractivity contribution in [2.45, 2.75) is 19.9 Å². The molecule has 0 bridgehead atoms. The zero-order chi connectivity index (χ0) is 15.4. The summed E-state index contributed by atoms with van der Waals surface area (Å²) in [5.41, 5.74) is -0.919. The molecule has 1 rings (SSSR count). The number of likely N-dealkylation sites (N-methyl/N-ethyl adjacent to an activating group) is 1. The molecule has 0 aliphatic carbocycles. The third-order valence-corrected chi connectivity index (χ3v) is 2.48. The van der Waals surface area contributed by atoms with E-state index in [4.69, 9.17) is 5.11 Å². The third-order valence-electron chi connectivity index (χ3n) is 2.48. The minimum atomic E-state index is -1.42. The first-order chi connectivity index (χ1) is 9.22. The summed E-state index contributed by atoms with van der Waals surface area (Å²) in [5, 5.41) is 11.3. The normalized spacial score (nSPS) is 10.5. The second kappa shape index (κ2) is 6.31. The van der Waals surface area contributed by atoms with E-state index in [0.29, 0.717) is 0 Å². The average molecular weight is 286 g/mol. The molecule has 7 heteroatoms. The molecule has 0 aromatic heterocycles. The molecule has 5 nitrogen and oxygen atoms in total. The monoisotopic (exact) mass is 286 g/mol. The van der Waals surface area contributed by atoms with Crippen molar-refractivity contribution in [3.8, 4) is 0 Å². The predicted octanol–water partition coefficient (Wildman–Crippen LogP) is 1.62. The third kappa shape index (κ3) is 3.91. The van der Waals surface area contributed by atoms with Gasteiger partial charge in [0.2, 0.25) is 5.91 Å². The smallest absolute Gasteiger partial charge is 0.335 e. The Kier molecular flexibility index (Phi) is 5.01. The molecular formula is C13H16F2N2O3. The predicted molar refractivity (Wildman–Crippen MR) is 69.9 cm³/mol. The highest BCUT2D eigenvalue weighted by atomic mass is 19.1. The summed E-state index contributed by atoms with van der Waals surface area (Å²) < 4.78 is 27.5. The van der Waals surface area contributed by atoms with Gasteiger partial charge >= 0.3 is 5.97 Å². The van der Waals surface area contributed by atoms with E-state index in [1.165, 1.54) is 7.05 Å². The molecule has 2 N–H and O–H groups in total. The van der Waals surface area contributed by atoms with Gasteiger partial charge in [0, 0.05) is 13.1 Å². The highest BCUT2D eigenvalue weighted by molar-refractivity contribution is 5.88. The fourth-order valence-corrected chi connectivity index (χ4v) is 1.72. The number of hydrogen-bond acceptors (Lipinski definition) is 3. The van der Waals surface area contributed by atoms with Crippen LogP contribution in [0.5, 0.6) is 0 Å². The summed E-state index contributed by atoms with van der Waals surface area (Å²) in [6.07, 6.45) is 0. The van der Waals surface area contributed by atoms with Crippen molar-refractivity contribution in [3.63, 3.8) is 0 Å². The highest BCUT2D eigenvalue weighted by Gasteiger charge is 2.19. The van der Waals surface area contributed by atoms with Crippen molar-refractivity contribution in [3.05, 3.63) is 29.3 Å². The average Bonchev–Trinajstić information content (AvgIpc) is 2.25. The second-order valence-electron chi connectivity index (χ2n) is 4.67. The van der Waals surface area contributed by atoms with Gasteiger partial charge in [-0.25, -0.2) is 13.6 Å². The maximum absolute atomic E-state index is 13.8. The van der Waals surface area contributed by atoms with E-state index in [-0.39, 0.29) is 18.5 Å². The quantitative estimate of drug-likeness (QED) is 0.863. The summed E-state index contributed by atoms with van der Waals surface area (Å²) in [6.45, 7) is 3.29. The summed E-state index contributed by atoms with van der Waals surface area (Å²) in [6, 6.07) is 1.36. The van der Waals surface area contributed by atoms with Crippen LogP contribution in [0.2, 0.25) is 0 Å². The van der Waals surface area contributed by atoms with Crippen molar-refractivity contribution >= 4 is 17.6 Å². The molecule has 1 aromatic rings. The number of amides is 1. The Morgan fingerprint density at radius 3 is 2.20 bits per heavy atom. The molecule has 0 atom stereocenters. The minimum Gasteiger partial charge on any atom is -0.478 e. The van der Waals surface area contributed by atoms with E-state index in [1.807, 2.05) is 0 Å². The van der Waals surface area contributed by atoms with E-state index < -0.39 is 28.9 Å². The maximum atomic E-state index is 13.8. The first kappa shape index (κ1) is 15.9. The summed E-state index contributed by atoms with van der Waals surface area (Å²) >= 11 is 0. The first-order valence-electron chi connectivity index (χ1n) is 5.95. The van der Waals surface area contributed by atoms with Gasteiger partial charge in [0.25, 0.3) is 0 Å². The lowest BCUT2D eigenvalue weighted by atomic mass is 10.1. The van der Waals surface area contributed by atoms with Crippen LogP contribution in [0.15, 0.2) is 12.1 Å². The number of carbonyl (C=O) groups is 2. The molecule has 0 saturated heterocycles. The van der Waals surface area contributed by atoms with Gasteiger partial charge in [-0.15, -0.1) is 0 Å². The van der Waals surface area contributed by atoms with E-state index in [2.05, 4.69) is 5.32 Å². The molecule has 0 spiro atoms. The largest absolute Gasteiger partial charge is 0.478 e. The Hall–Kier alpha value is -2.18. The number of hydrogen-bond donors (Lipinski definition) is 2. The SMILES string of the molecule is CC(C)NC(=O)CN(C)c1c(F)cc(C(=O)O)cc1F. The standard InChI is InChI=1S/C13H16F2N2O3/c1-7(2)16-11(18)6-17(3)12-9(14)4-8(13(19)20)5-10(12)15/h4-5,7H,6H2,1-3H3,(H,16,18)(H,19,20). The Balaban J connectivity index is 2.96. The van der Waals surface area contributed by atoms with Gasteiger partial charge in [-0.05, 0) is 26.0 Å². The van der Waals surface area contributed by atoms with Crippen molar-refractivity contribution in [2.75, 3.05) is 18.5 Å². The molecular weight excluding hydrogens is 270 g/mol. The van der Waals surface area contributed by atoms with Crippen LogP contribution < -0.4 is 10.2 Å². The maximum Gasteiger partial charge on any atom is 0.335 e. The van der Waals surface area contributed by atoms with E-state index in [9.17, 15) is 18.4 Å². The highest BCUT2D eigenvalue weighted by Crippen LogP contribution is 2.24. The molecule has 1 aromatic carbocycles. The fraction of sp³-hybridized carbons (Fsp3) is 0.385. The number of rotatable bonds is 5. The zero-order valence-electron chi connectivity index (χ0n) is 11.4. The van der Waals surface area contributed by atoms with Crippen molar-refractivity contribution in [1.29, 1.82) is 0 Å². The molecule has 0 heterocycles. The number of anilines is 1. The number of halogens is 2. The first-order valence-corrected chi connectivity index (χ1v) is 5.95. The van der Waals surface area contributed by atoms with Crippen LogP contribution in [0.25, 0.3) is 0 Å². The zero-order valence-corrected chi connectivity index (χ0v) is 11.4. The minimum absolute atomic E-state index is 0.0834. The van der Waals surface area contributed by atoms with Crippen LogP contribution in [0.1, 0.15) is 24.2 Å². The molecule has 0 aliphatic heterocycles.